The normalized spacial score (nSPS) is 25.4. The highest BCUT2D eigenvalue weighted by Gasteiger charge is 2.52. The first-order valence-electron chi connectivity index (χ1n) is 14.0. The predicted octanol–water partition coefficient (Wildman–Crippen LogP) is 8.34. The number of esters is 1. The molecule has 0 aliphatic heterocycles. The van der Waals surface area contributed by atoms with Crippen molar-refractivity contribution >= 4 is 16.7 Å². The van der Waals surface area contributed by atoms with E-state index in [1.54, 1.807) is 0 Å². The molecule has 8 rings (SSSR count). The smallest absolute Gasteiger partial charge is 0.337 e. The van der Waals surface area contributed by atoms with Crippen LogP contribution < -0.4 is 4.74 Å². The van der Waals surface area contributed by atoms with E-state index in [-0.39, 0.29) is 11.4 Å². The van der Waals surface area contributed by atoms with Gasteiger partial charge >= 0.3 is 5.97 Å². The van der Waals surface area contributed by atoms with E-state index in [1.807, 2.05) is 18.2 Å². The molecule has 3 nitrogen and oxygen atoms in total. The van der Waals surface area contributed by atoms with Gasteiger partial charge in [-0.3, -0.25) is 0 Å². The van der Waals surface area contributed by atoms with E-state index >= 15 is 0 Å². The van der Waals surface area contributed by atoms with Crippen molar-refractivity contribution in [2.45, 2.75) is 50.5 Å². The predicted molar refractivity (Wildman–Crippen MR) is 151 cm³/mol. The van der Waals surface area contributed by atoms with Crippen LogP contribution in [0.5, 0.6) is 5.75 Å². The lowest BCUT2D eigenvalue weighted by atomic mass is 9.48. The van der Waals surface area contributed by atoms with Gasteiger partial charge in [0.05, 0.1) is 12.7 Å². The highest BCUT2D eigenvalue weighted by Crippen LogP contribution is 2.62. The molecule has 0 spiro atoms. The van der Waals surface area contributed by atoms with Crippen molar-refractivity contribution in [3.05, 3.63) is 102 Å². The van der Waals surface area contributed by atoms with E-state index in [4.69, 9.17) is 9.47 Å². The molecular formula is C35H34O3. The third kappa shape index (κ3) is 4.18. The zero-order chi connectivity index (χ0) is 25.7. The largest absolute Gasteiger partial charge is 0.489 e. The zero-order valence-electron chi connectivity index (χ0n) is 22.0. The number of hydrogen-bond acceptors (Lipinski definition) is 3. The minimum atomic E-state index is -0.303. The Bertz CT molecular complexity index is 1470. The molecule has 0 saturated heterocycles. The van der Waals surface area contributed by atoms with E-state index in [9.17, 15) is 4.79 Å². The highest BCUT2D eigenvalue weighted by atomic mass is 16.5. The van der Waals surface area contributed by atoms with Crippen LogP contribution in [0.15, 0.2) is 84.9 Å². The molecule has 0 atom stereocenters. The van der Waals surface area contributed by atoms with Crippen molar-refractivity contribution in [3.8, 4) is 16.9 Å². The van der Waals surface area contributed by atoms with Crippen molar-refractivity contribution < 1.29 is 14.3 Å². The minimum Gasteiger partial charge on any atom is -0.489 e. The number of fused-ring (bicyclic) bond motifs is 1. The molecule has 4 bridgehead atoms. The van der Waals surface area contributed by atoms with Crippen LogP contribution in [0.1, 0.15) is 60.0 Å². The number of benzene rings is 4. The second-order valence-electron chi connectivity index (χ2n) is 12.0. The summed E-state index contributed by atoms with van der Waals surface area (Å²) in [5.41, 5.74) is 5.88. The van der Waals surface area contributed by atoms with Gasteiger partial charge in [0.2, 0.25) is 0 Å². The molecular weight excluding hydrogens is 468 g/mol. The van der Waals surface area contributed by atoms with Crippen molar-refractivity contribution in [1.82, 2.24) is 0 Å². The quantitative estimate of drug-likeness (QED) is 0.249. The average molecular weight is 503 g/mol. The van der Waals surface area contributed by atoms with Crippen molar-refractivity contribution in [3.63, 3.8) is 0 Å². The summed E-state index contributed by atoms with van der Waals surface area (Å²) in [6.45, 7) is 0.595. The summed E-state index contributed by atoms with van der Waals surface area (Å²) in [5, 5.41) is 2.16. The molecule has 4 aliphatic carbocycles. The number of carbonyl (C=O) groups excluding carboxylic acids is 1. The van der Waals surface area contributed by atoms with Crippen molar-refractivity contribution in [2.24, 2.45) is 17.8 Å². The Morgan fingerprint density at radius 1 is 0.763 bits per heavy atom. The molecule has 4 aliphatic rings. The number of rotatable bonds is 6. The van der Waals surface area contributed by atoms with Gasteiger partial charge < -0.3 is 9.47 Å². The molecule has 3 heteroatoms. The number of methoxy groups -OCH3 is 1. The Kier molecular flexibility index (Phi) is 5.76. The van der Waals surface area contributed by atoms with Crippen LogP contribution >= 0.6 is 0 Å². The topological polar surface area (TPSA) is 35.5 Å². The molecule has 192 valence electrons. The van der Waals surface area contributed by atoms with Crippen LogP contribution in [0.2, 0.25) is 0 Å². The van der Waals surface area contributed by atoms with Gasteiger partial charge in [0.25, 0.3) is 0 Å². The monoisotopic (exact) mass is 502 g/mol. The highest BCUT2D eigenvalue weighted by molar-refractivity contribution is 5.96. The minimum absolute atomic E-state index is 0.239. The van der Waals surface area contributed by atoms with Crippen molar-refractivity contribution in [1.29, 1.82) is 0 Å². The van der Waals surface area contributed by atoms with Crippen molar-refractivity contribution in [2.75, 3.05) is 7.11 Å². The van der Waals surface area contributed by atoms with Crippen LogP contribution in [-0.4, -0.2) is 13.1 Å². The Labute approximate surface area is 224 Å². The first-order chi connectivity index (χ1) is 18.6. The fourth-order valence-electron chi connectivity index (χ4n) is 8.10. The van der Waals surface area contributed by atoms with Crippen LogP contribution in [-0.2, 0) is 16.8 Å². The van der Waals surface area contributed by atoms with Gasteiger partial charge in [0, 0.05) is 5.56 Å². The zero-order valence-corrected chi connectivity index (χ0v) is 22.0. The summed E-state index contributed by atoms with van der Waals surface area (Å²) < 4.78 is 11.5. The molecule has 0 heterocycles. The summed E-state index contributed by atoms with van der Waals surface area (Å²) in [4.78, 5) is 12.0. The first kappa shape index (κ1) is 23.5. The first-order valence-corrected chi connectivity index (χ1v) is 14.0. The molecule has 0 N–H and O–H groups in total. The summed E-state index contributed by atoms with van der Waals surface area (Å²) >= 11 is 0. The van der Waals surface area contributed by atoms with E-state index < -0.39 is 0 Å². The Balaban J connectivity index is 1.27. The standard InChI is InChI=1S/C35H34O3/c1-37-34(36)31-10-9-27-16-28(7-8-29(27)17-31)30-11-12-33(38-22-23-5-3-2-4-6-23)32(18-30)35-19-24-13-25(20-35)15-26(14-24)21-35/h2-12,16-18,24-26H,13-15,19-22H2,1H3. The molecule has 4 aromatic rings. The molecule has 4 saturated carbocycles. The van der Waals surface area contributed by atoms with Crippen LogP contribution in [0.3, 0.4) is 0 Å². The lowest BCUT2D eigenvalue weighted by Gasteiger charge is -2.57. The van der Waals surface area contributed by atoms with Gasteiger partial charge in [-0.15, -0.1) is 0 Å². The second-order valence-corrected chi connectivity index (χ2v) is 12.0. The second kappa shape index (κ2) is 9.31. The molecule has 0 radical (unpaired) electrons. The number of hydrogen-bond donors (Lipinski definition) is 0. The fourth-order valence-corrected chi connectivity index (χ4v) is 8.10. The van der Waals surface area contributed by atoms with Gasteiger partial charge in [-0.25, -0.2) is 4.79 Å². The van der Waals surface area contributed by atoms with E-state index in [2.05, 4.69) is 66.7 Å². The SMILES string of the molecule is COC(=O)c1ccc2cc(-c3ccc(OCc4ccccc4)c(C45CC6CC(CC(C6)C4)C5)c3)ccc2c1. The molecule has 0 aromatic heterocycles. The van der Waals surface area contributed by atoms with Gasteiger partial charge in [0.15, 0.2) is 0 Å². The van der Waals surface area contributed by atoms with Gasteiger partial charge in [-0.05, 0) is 119 Å². The molecule has 0 amide bonds. The van der Waals surface area contributed by atoms with E-state index in [0.29, 0.717) is 12.2 Å². The summed E-state index contributed by atoms with van der Waals surface area (Å²) in [5.74, 6) is 3.37. The van der Waals surface area contributed by atoms with Crippen LogP contribution in [0.25, 0.3) is 21.9 Å². The maximum atomic E-state index is 12.0. The average Bonchev–Trinajstić information content (AvgIpc) is 2.95. The maximum absolute atomic E-state index is 12.0. The van der Waals surface area contributed by atoms with Gasteiger partial charge in [0.1, 0.15) is 12.4 Å². The lowest BCUT2D eigenvalue weighted by molar-refractivity contribution is -0.00645. The third-order valence-electron chi connectivity index (χ3n) is 9.42. The fraction of sp³-hybridized carbons (Fsp3) is 0.343. The van der Waals surface area contributed by atoms with E-state index in [0.717, 1.165) is 34.3 Å². The summed E-state index contributed by atoms with van der Waals surface area (Å²) in [6, 6.07) is 29.7. The van der Waals surface area contributed by atoms with Gasteiger partial charge in [-0.2, -0.15) is 0 Å². The Morgan fingerprint density at radius 3 is 2.11 bits per heavy atom. The van der Waals surface area contributed by atoms with E-state index in [1.165, 1.54) is 67.9 Å². The van der Waals surface area contributed by atoms with Gasteiger partial charge in [-0.1, -0.05) is 54.6 Å². The maximum Gasteiger partial charge on any atom is 0.337 e. The number of carbonyl (C=O) groups is 1. The van der Waals surface area contributed by atoms with Crippen LogP contribution in [0, 0.1) is 17.8 Å². The molecule has 4 fully saturated rings. The Hall–Kier alpha value is -3.59. The molecule has 4 aromatic carbocycles. The molecule has 38 heavy (non-hydrogen) atoms. The number of ether oxygens (including phenoxy) is 2. The lowest BCUT2D eigenvalue weighted by Crippen LogP contribution is -2.48. The Morgan fingerprint density at radius 2 is 1.39 bits per heavy atom. The molecule has 0 unspecified atom stereocenters. The summed E-state index contributed by atoms with van der Waals surface area (Å²) in [7, 11) is 1.42. The summed E-state index contributed by atoms with van der Waals surface area (Å²) in [6.07, 6.45) is 8.20. The van der Waals surface area contributed by atoms with Crippen LogP contribution in [0.4, 0.5) is 0 Å². The third-order valence-corrected chi connectivity index (χ3v) is 9.42.